The molecule has 0 amide bonds. The molecule has 0 aromatic rings. The fraction of sp³-hybridized carbons (Fsp3) is 1.00. The monoisotopic (exact) mass is 210 g/mol. The first-order chi connectivity index (χ1) is 7.01. The molecule has 2 aliphatic rings. The van der Waals surface area contributed by atoms with E-state index in [2.05, 4.69) is 37.9 Å². The van der Waals surface area contributed by atoms with Gasteiger partial charge in [0, 0.05) is 31.2 Å². The molecule has 0 bridgehead atoms. The van der Waals surface area contributed by atoms with Crippen molar-refractivity contribution < 1.29 is 0 Å². The predicted molar refractivity (Wildman–Crippen MR) is 65.0 cm³/mol. The lowest BCUT2D eigenvalue weighted by Gasteiger charge is -2.46. The first-order valence-corrected chi connectivity index (χ1v) is 6.50. The highest BCUT2D eigenvalue weighted by atomic mass is 15.3. The molecule has 0 aromatic heterocycles. The molecule has 2 nitrogen and oxygen atoms in total. The number of piperazine rings is 1. The number of nitrogens with zero attached hydrogens (tertiary/aromatic N) is 1. The summed E-state index contributed by atoms with van der Waals surface area (Å²) in [6, 6.07) is 0.708. The fourth-order valence-corrected chi connectivity index (χ4v) is 2.85. The van der Waals surface area contributed by atoms with Crippen LogP contribution < -0.4 is 5.32 Å². The van der Waals surface area contributed by atoms with Crippen LogP contribution in [0.3, 0.4) is 0 Å². The standard InChI is InChI=1S/C13H26N2/c1-10(2)8-15-9-13(4,12-5-6-12)14-7-11(15)3/h10-12,14H,5-9H2,1-4H3. The van der Waals surface area contributed by atoms with Crippen LogP contribution in [0.15, 0.2) is 0 Å². The lowest BCUT2D eigenvalue weighted by molar-refractivity contribution is 0.0734. The van der Waals surface area contributed by atoms with Crippen molar-refractivity contribution >= 4 is 0 Å². The van der Waals surface area contributed by atoms with Crippen LogP contribution in [0, 0.1) is 11.8 Å². The number of hydrogen-bond donors (Lipinski definition) is 1. The molecule has 2 rings (SSSR count). The van der Waals surface area contributed by atoms with Crippen molar-refractivity contribution in [2.45, 2.75) is 52.1 Å². The van der Waals surface area contributed by atoms with Gasteiger partial charge in [0.25, 0.3) is 0 Å². The molecule has 15 heavy (non-hydrogen) atoms. The van der Waals surface area contributed by atoms with E-state index in [0.717, 1.165) is 11.8 Å². The van der Waals surface area contributed by atoms with Crippen molar-refractivity contribution in [3.05, 3.63) is 0 Å². The maximum Gasteiger partial charge on any atom is 0.0309 e. The normalized spacial score (nSPS) is 38.6. The van der Waals surface area contributed by atoms with Crippen LogP contribution in [0.25, 0.3) is 0 Å². The first-order valence-electron chi connectivity index (χ1n) is 6.50. The molecule has 2 heteroatoms. The molecule has 2 fully saturated rings. The molecular formula is C13H26N2. The topological polar surface area (TPSA) is 15.3 Å². The van der Waals surface area contributed by atoms with Gasteiger partial charge in [0.1, 0.15) is 0 Å². The Morgan fingerprint density at radius 1 is 1.40 bits per heavy atom. The van der Waals surface area contributed by atoms with Crippen LogP contribution >= 0.6 is 0 Å². The third kappa shape index (κ3) is 2.54. The molecule has 1 saturated heterocycles. The van der Waals surface area contributed by atoms with E-state index >= 15 is 0 Å². The zero-order valence-electron chi connectivity index (χ0n) is 10.7. The highest BCUT2D eigenvalue weighted by molar-refractivity contribution is 5.03. The minimum Gasteiger partial charge on any atom is -0.308 e. The van der Waals surface area contributed by atoms with Gasteiger partial charge >= 0.3 is 0 Å². The molecule has 1 N–H and O–H groups in total. The second-order valence-electron chi connectivity index (χ2n) is 6.24. The molecule has 1 aliphatic carbocycles. The zero-order chi connectivity index (χ0) is 11.1. The summed E-state index contributed by atoms with van der Waals surface area (Å²) >= 11 is 0. The van der Waals surface area contributed by atoms with Gasteiger partial charge in [-0.1, -0.05) is 13.8 Å². The Balaban J connectivity index is 1.96. The van der Waals surface area contributed by atoms with Gasteiger partial charge in [0.15, 0.2) is 0 Å². The predicted octanol–water partition coefficient (Wildman–Crippen LogP) is 2.10. The maximum atomic E-state index is 3.77. The van der Waals surface area contributed by atoms with Crippen LogP contribution in [-0.2, 0) is 0 Å². The third-order valence-electron chi connectivity index (χ3n) is 4.03. The van der Waals surface area contributed by atoms with Gasteiger partial charge in [0.05, 0.1) is 0 Å². The van der Waals surface area contributed by atoms with E-state index in [0.29, 0.717) is 11.6 Å². The van der Waals surface area contributed by atoms with Gasteiger partial charge in [-0.2, -0.15) is 0 Å². The fourth-order valence-electron chi connectivity index (χ4n) is 2.85. The van der Waals surface area contributed by atoms with E-state index in [4.69, 9.17) is 0 Å². The quantitative estimate of drug-likeness (QED) is 0.767. The van der Waals surface area contributed by atoms with Gasteiger partial charge in [-0.25, -0.2) is 0 Å². The Bertz CT molecular complexity index is 223. The molecule has 1 saturated carbocycles. The van der Waals surface area contributed by atoms with Gasteiger partial charge in [0.2, 0.25) is 0 Å². The number of rotatable bonds is 3. The van der Waals surface area contributed by atoms with E-state index in [1.807, 2.05) is 0 Å². The molecule has 0 radical (unpaired) electrons. The Hall–Kier alpha value is -0.0800. The summed E-state index contributed by atoms with van der Waals surface area (Å²) in [5.41, 5.74) is 0.404. The highest BCUT2D eigenvalue weighted by Crippen LogP contribution is 2.41. The van der Waals surface area contributed by atoms with E-state index in [-0.39, 0.29) is 0 Å². The molecule has 0 spiro atoms. The second kappa shape index (κ2) is 4.06. The Kier molecular flexibility index (Phi) is 3.09. The summed E-state index contributed by atoms with van der Waals surface area (Å²) in [6.45, 7) is 13.1. The summed E-state index contributed by atoms with van der Waals surface area (Å²) in [6.07, 6.45) is 2.88. The summed E-state index contributed by atoms with van der Waals surface area (Å²) < 4.78 is 0. The molecule has 2 unspecified atom stereocenters. The van der Waals surface area contributed by atoms with Crippen LogP contribution in [0.2, 0.25) is 0 Å². The first kappa shape index (κ1) is 11.4. The van der Waals surface area contributed by atoms with Crippen molar-refractivity contribution in [2.75, 3.05) is 19.6 Å². The lowest BCUT2D eigenvalue weighted by Crippen LogP contribution is -2.63. The van der Waals surface area contributed by atoms with E-state index in [1.165, 1.54) is 32.5 Å². The Morgan fingerprint density at radius 2 is 2.07 bits per heavy atom. The molecule has 88 valence electrons. The second-order valence-corrected chi connectivity index (χ2v) is 6.24. The molecule has 1 aliphatic heterocycles. The molecular weight excluding hydrogens is 184 g/mol. The van der Waals surface area contributed by atoms with Gasteiger partial charge in [-0.05, 0) is 38.5 Å². The van der Waals surface area contributed by atoms with Crippen LogP contribution in [-0.4, -0.2) is 36.1 Å². The number of hydrogen-bond acceptors (Lipinski definition) is 2. The van der Waals surface area contributed by atoms with Crippen molar-refractivity contribution in [3.8, 4) is 0 Å². The maximum absolute atomic E-state index is 3.77. The average Bonchev–Trinajstić information content (AvgIpc) is 2.93. The largest absolute Gasteiger partial charge is 0.308 e. The van der Waals surface area contributed by atoms with Gasteiger partial charge in [-0.15, -0.1) is 0 Å². The molecule has 0 aromatic carbocycles. The summed E-state index contributed by atoms with van der Waals surface area (Å²) in [5.74, 6) is 1.73. The van der Waals surface area contributed by atoms with Crippen LogP contribution in [0.4, 0.5) is 0 Å². The van der Waals surface area contributed by atoms with Gasteiger partial charge in [-0.3, -0.25) is 4.90 Å². The zero-order valence-corrected chi connectivity index (χ0v) is 10.7. The van der Waals surface area contributed by atoms with Crippen molar-refractivity contribution in [2.24, 2.45) is 11.8 Å². The number of nitrogens with one attached hydrogen (secondary N) is 1. The molecule has 1 heterocycles. The average molecular weight is 210 g/mol. The summed E-state index contributed by atoms with van der Waals surface area (Å²) in [4.78, 5) is 2.68. The van der Waals surface area contributed by atoms with Crippen molar-refractivity contribution in [1.82, 2.24) is 10.2 Å². The van der Waals surface area contributed by atoms with E-state index in [1.54, 1.807) is 0 Å². The van der Waals surface area contributed by atoms with E-state index < -0.39 is 0 Å². The summed E-state index contributed by atoms with van der Waals surface area (Å²) in [5, 5.41) is 3.77. The third-order valence-corrected chi connectivity index (χ3v) is 4.03. The lowest BCUT2D eigenvalue weighted by atomic mass is 9.90. The minimum absolute atomic E-state index is 0.404. The Labute approximate surface area is 94.4 Å². The SMILES string of the molecule is CC(C)CN1CC(C)(C2CC2)NCC1C. The summed E-state index contributed by atoms with van der Waals surface area (Å²) in [7, 11) is 0. The van der Waals surface area contributed by atoms with E-state index in [9.17, 15) is 0 Å². The highest BCUT2D eigenvalue weighted by Gasteiger charge is 2.45. The molecule has 2 atom stereocenters. The minimum atomic E-state index is 0.404. The van der Waals surface area contributed by atoms with Gasteiger partial charge < -0.3 is 5.32 Å². The smallest absolute Gasteiger partial charge is 0.0309 e. The van der Waals surface area contributed by atoms with Crippen molar-refractivity contribution in [1.29, 1.82) is 0 Å². The van der Waals surface area contributed by atoms with Crippen LogP contribution in [0.1, 0.15) is 40.5 Å². The van der Waals surface area contributed by atoms with Crippen molar-refractivity contribution in [3.63, 3.8) is 0 Å². The van der Waals surface area contributed by atoms with Crippen LogP contribution in [0.5, 0.6) is 0 Å². The Morgan fingerprint density at radius 3 is 2.60 bits per heavy atom.